The second kappa shape index (κ2) is 8.75. The first kappa shape index (κ1) is 19.6. The lowest BCUT2D eigenvalue weighted by Gasteiger charge is -2.33. The maximum absolute atomic E-state index is 12.9. The van der Waals surface area contributed by atoms with Gasteiger partial charge in [0.2, 0.25) is 5.75 Å². The standard InChI is InChI=1S/C21H26N2O6/c1-14-3-4-17(29-14)16(23-5-7-26-8-6-23)13-22-21(24)15-11-18(25-2)20-19(12-15)27-9-10-28-20/h3-4,11-12,16H,5-10,13H2,1-2H3,(H,22,24). The third-order valence-corrected chi connectivity index (χ3v) is 5.12. The van der Waals surface area contributed by atoms with Gasteiger partial charge < -0.3 is 28.7 Å². The summed E-state index contributed by atoms with van der Waals surface area (Å²) in [6, 6.07) is 7.21. The Morgan fingerprint density at radius 2 is 1.97 bits per heavy atom. The fraction of sp³-hybridized carbons (Fsp3) is 0.476. The second-order valence-corrected chi connectivity index (χ2v) is 7.03. The third-order valence-electron chi connectivity index (χ3n) is 5.12. The summed E-state index contributed by atoms with van der Waals surface area (Å²) in [7, 11) is 1.54. The Balaban J connectivity index is 1.50. The topological polar surface area (TPSA) is 82.4 Å². The molecule has 1 amide bonds. The molecule has 0 radical (unpaired) electrons. The number of fused-ring (bicyclic) bond motifs is 1. The molecule has 1 saturated heterocycles. The van der Waals surface area contributed by atoms with E-state index >= 15 is 0 Å². The fourth-order valence-corrected chi connectivity index (χ4v) is 3.63. The zero-order chi connectivity index (χ0) is 20.2. The summed E-state index contributed by atoms with van der Waals surface area (Å²) < 4.78 is 27.9. The quantitative estimate of drug-likeness (QED) is 0.793. The number of nitrogens with one attached hydrogen (secondary N) is 1. The fourth-order valence-electron chi connectivity index (χ4n) is 3.63. The average Bonchev–Trinajstić information content (AvgIpc) is 3.19. The molecule has 0 saturated carbocycles. The maximum atomic E-state index is 12.9. The molecular weight excluding hydrogens is 376 g/mol. The van der Waals surface area contributed by atoms with E-state index in [9.17, 15) is 4.79 Å². The van der Waals surface area contributed by atoms with Gasteiger partial charge in [-0.15, -0.1) is 0 Å². The van der Waals surface area contributed by atoms with Crippen LogP contribution in [-0.4, -0.2) is 64.0 Å². The number of benzene rings is 1. The minimum atomic E-state index is -0.207. The SMILES string of the molecule is COc1cc(C(=O)NCC(c2ccc(C)o2)N2CCOCC2)cc2c1OCCO2. The molecule has 1 atom stereocenters. The number of aryl methyl sites for hydroxylation is 1. The highest BCUT2D eigenvalue weighted by Crippen LogP contribution is 2.40. The van der Waals surface area contributed by atoms with Crippen LogP contribution in [0.5, 0.6) is 17.2 Å². The molecule has 3 heterocycles. The van der Waals surface area contributed by atoms with E-state index < -0.39 is 0 Å². The monoisotopic (exact) mass is 402 g/mol. The van der Waals surface area contributed by atoms with Crippen molar-refractivity contribution >= 4 is 5.91 Å². The van der Waals surface area contributed by atoms with Crippen LogP contribution in [0.3, 0.4) is 0 Å². The van der Waals surface area contributed by atoms with E-state index in [1.165, 1.54) is 0 Å². The van der Waals surface area contributed by atoms with Crippen LogP contribution in [0.15, 0.2) is 28.7 Å². The first-order chi connectivity index (χ1) is 14.2. The highest BCUT2D eigenvalue weighted by molar-refractivity contribution is 5.95. The maximum Gasteiger partial charge on any atom is 0.251 e. The number of rotatable bonds is 6. The van der Waals surface area contributed by atoms with Crippen molar-refractivity contribution in [2.45, 2.75) is 13.0 Å². The van der Waals surface area contributed by atoms with E-state index in [-0.39, 0.29) is 11.9 Å². The van der Waals surface area contributed by atoms with Gasteiger partial charge >= 0.3 is 0 Å². The van der Waals surface area contributed by atoms with Gasteiger partial charge in [0.1, 0.15) is 24.7 Å². The molecule has 1 aromatic heterocycles. The molecule has 2 aromatic rings. The van der Waals surface area contributed by atoms with Crippen LogP contribution in [0.4, 0.5) is 0 Å². The van der Waals surface area contributed by atoms with Crippen LogP contribution >= 0.6 is 0 Å². The number of carbonyl (C=O) groups is 1. The van der Waals surface area contributed by atoms with E-state index in [0.29, 0.717) is 55.8 Å². The molecule has 0 spiro atoms. The Kier molecular flexibility index (Phi) is 5.92. The molecular formula is C21H26N2O6. The summed E-state index contributed by atoms with van der Waals surface area (Å²) in [6.45, 7) is 6.16. The summed E-state index contributed by atoms with van der Waals surface area (Å²) in [4.78, 5) is 15.2. The number of amides is 1. The molecule has 1 N–H and O–H groups in total. The second-order valence-electron chi connectivity index (χ2n) is 7.03. The molecule has 1 aromatic carbocycles. The van der Waals surface area contributed by atoms with Crippen molar-refractivity contribution in [1.82, 2.24) is 10.2 Å². The minimum Gasteiger partial charge on any atom is -0.493 e. The van der Waals surface area contributed by atoms with Crippen molar-refractivity contribution in [3.8, 4) is 17.2 Å². The molecule has 2 aliphatic heterocycles. The van der Waals surface area contributed by atoms with Crippen LogP contribution in [-0.2, 0) is 4.74 Å². The molecule has 0 aliphatic carbocycles. The number of ether oxygens (including phenoxy) is 4. The molecule has 8 heteroatoms. The first-order valence-corrected chi connectivity index (χ1v) is 9.79. The van der Waals surface area contributed by atoms with Gasteiger partial charge in [-0.3, -0.25) is 9.69 Å². The summed E-state index contributed by atoms with van der Waals surface area (Å²) in [5, 5.41) is 3.03. The van der Waals surface area contributed by atoms with Gasteiger partial charge in [-0.2, -0.15) is 0 Å². The number of morpholine rings is 1. The van der Waals surface area contributed by atoms with Crippen molar-refractivity contribution in [2.24, 2.45) is 0 Å². The van der Waals surface area contributed by atoms with Gasteiger partial charge in [0.25, 0.3) is 5.91 Å². The number of carbonyl (C=O) groups excluding carboxylic acids is 1. The van der Waals surface area contributed by atoms with E-state index in [0.717, 1.165) is 24.6 Å². The number of hydrogen-bond donors (Lipinski definition) is 1. The van der Waals surface area contributed by atoms with Gasteiger partial charge in [0.05, 0.1) is 26.4 Å². The molecule has 4 rings (SSSR count). The predicted molar refractivity (Wildman–Crippen MR) is 105 cm³/mol. The van der Waals surface area contributed by atoms with Gasteiger partial charge in [-0.05, 0) is 31.2 Å². The van der Waals surface area contributed by atoms with E-state index in [1.807, 2.05) is 19.1 Å². The molecule has 156 valence electrons. The summed E-state index contributed by atoms with van der Waals surface area (Å²) in [5.41, 5.74) is 0.461. The van der Waals surface area contributed by atoms with Crippen LogP contribution in [0.2, 0.25) is 0 Å². The zero-order valence-electron chi connectivity index (χ0n) is 16.7. The van der Waals surface area contributed by atoms with Gasteiger partial charge in [0, 0.05) is 25.2 Å². The van der Waals surface area contributed by atoms with E-state index in [4.69, 9.17) is 23.4 Å². The van der Waals surface area contributed by atoms with Crippen LogP contribution in [0.25, 0.3) is 0 Å². The number of nitrogens with zero attached hydrogens (tertiary/aromatic N) is 1. The molecule has 0 bridgehead atoms. The Morgan fingerprint density at radius 1 is 1.17 bits per heavy atom. The Hall–Kier alpha value is -2.71. The lowest BCUT2D eigenvalue weighted by molar-refractivity contribution is 0.0117. The Labute approximate surface area is 169 Å². The Morgan fingerprint density at radius 3 is 2.69 bits per heavy atom. The van der Waals surface area contributed by atoms with Crippen LogP contribution in [0.1, 0.15) is 27.9 Å². The smallest absolute Gasteiger partial charge is 0.251 e. The summed E-state index contributed by atoms with van der Waals surface area (Å²) in [5.74, 6) is 3.02. The summed E-state index contributed by atoms with van der Waals surface area (Å²) in [6.07, 6.45) is 0. The van der Waals surface area contributed by atoms with Crippen LogP contribution < -0.4 is 19.5 Å². The van der Waals surface area contributed by atoms with Gasteiger partial charge in [0.15, 0.2) is 11.5 Å². The predicted octanol–water partition coefficient (Wildman–Crippen LogP) is 2.17. The summed E-state index contributed by atoms with van der Waals surface area (Å²) >= 11 is 0. The van der Waals surface area contributed by atoms with Crippen molar-refractivity contribution in [3.05, 3.63) is 41.3 Å². The van der Waals surface area contributed by atoms with Gasteiger partial charge in [-0.1, -0.05) is 0 Å². The van der Waals surface area contributed by atoms with Crippen molar-refractivity contribution in [3.63, 3.8) is 0 Å². The number of hydrogen-bond acceptors (Lipinski definition) is 7. The lowest BCUT2D eigenvalue weighted by atomic mass is 10.1. The molecule has 29 heavy (non-hydrogen) atoms. The Bertz CT molecular complexity index is 842. The number of methoxy groups -OCH3 is 1. The number of furan rings is 1. The minimum absolute atomic E-state index is 0.0596. The van der Waals surface area contributed by atoms with Crippen molar-refractivity contribution in [1.29, 1.82) is 0 Å². The highest BCUT2D eigenvalue weighted by Gasteiger charge is 2.27. The first-order valence-electron chi connectivity index (χ1n) is 9.79. The largest absolute Gasteiger partial charge is 0.493 e. The molecule has 2 aliphatic rings. The van der Waals surface area contributed by atoms with Gasteiger partial charge in [-0.25, -0.2) is 0 Å². The van der Waals surface area contributed by atoms with Crippen LogP contribution in [0, 0.1) is 6.92 Å². The van der Waals surface area contributed by atoms with Crippen molar-refractivity contribution < 1.29 is 28.2 Å². The zero-order valence-corrected chi connectivity index (χ0v) is 16.7. The molecule has 1 fully saturated rings. The molecule has 8 nitrogen and oxygen atoms in total. The lowest BCUT2D eigenvalue weighted by Crippen LogP contribution is -2.43. The highest BCUT2D eigenvalue weighted by atomic mass is 16.6. The van der Waals surface area contributed by atoms with E-state index in [1.54, 1.807) is 19.2 Å². The normalized spacial score (nSPS) is 17.6. The third kappa shape index (κ3) is 4.33. The van der Waals surface area contributed by atoms with E-state index in [2.05, 4.69) is 10.2 Å². The van der Waals surface area contributed by atoms with Crippen molar-refractivity contribution in [2.75, 3.05) is 53.2 Å². The molecule has 1 unspecified atom stereocenters. The average molecular weight is 402 g/mol.